The molecule has 2 amide bonds. The van der Waals surface area contributed by atoms with E-state index in [4.69, 9.17) is 21.3 Å². The Kier molecular flexibility index (Phi) is 9.29. The molecule has 220 valence electrons. The SMILES string of the molecule is CCOC(=O)N1CCN(S(=O)(=O)c2ccc(C(=O)NCCN3CCN(c4nc5c(Cl)cccc5s4)CC3)cc2)CC1. The van der Waals surface area contributed by atoms with Crippen LogP contribution in [0.3, 0.4) is 0 Å². The van der Waals surface area contributed by atoms with Gasteiger partial charge in [0.1, 0.15) is 5.52 Å². The molecular formula is C27H33ClN6O5S2. The molecule has 14 heteroatoms. The number of benzene rings is 2. The van der Waals surface area contributed by atoms with Crippen LogP contribution in [-0.4, -0.2) is 112 Å². The van der Waals surface area contributed by atoms with E-state index in [2.05, 4.69) is 15.1 Å². The first-order valence-corrected chi connectivity index (χ1v) is 16.2. The Hall–Kier alpha value is -2.97. The highest BCUT2D eigenvalue weighted by Crippen LogP contribution is 2.33. The number of amides is 2. The second-order valence-corrected chi connectivity index (χ2v) is 13.1. The molecule has 2 aromatic carbocycles. The Bertz CT molecular complexity index is 1480. The van der Waals surface area contributed by atoms with Crippen molar-refractivity contribution in [3.63, 3.8) is 0 Å². The third-order valence-electron chi connectivity index (χ3n) is 7.23. The van der Waals surface area contributed by atoms with E-state index in [1.165, 1.54) is 33.5 Å². The number of thiazole rings is 1. The predicted molar refractivity (Wildman–Crippen MR) is 159 cm³/mol. The molecule has 3 heterocycles. The molecule has 2 fully saturated rings. The molecule has 0 radical (unpaired) electrons. The molecule has 0 spiro atoms. The Morgan fingerprint density at radius 2 is 1.71 bits per heavy atom. The predicted octanol–water partition coefficient (Wildman–Crippen LogP) is 2.96. The van der Waals surface area contributed by atoms with Gasteiger partial charge < -0.3 is 19.9 Å². The van der Waals surface area contributed by atoms with E-state index in [9.17, 15) is 18.0 Å². The minimum absolute atomic E-state index is 0.118. The van der Waals surface area contributed by atoms with Gasteiger partial charge in [0.15, 0.2) is 5.13 Å². The molecule has 11 nitrogen and oxygen atoms in total. The Morgan fingerprint density at radius 1 is 1.00 bits per heavy atom. The van der Waals surface area contributed by atoms with Gasteiger partial charge in [0.25, 0.3) is 5.91 Å². The van der Waals surface area contributed by atoms with Crippen LogP contribution in [0.25, 0.3) is 10.2 Å². The molecule has 2 saturated heterocycles. The number of anilines is 1. The lowest BCUT2D eigenvalue weighted by Crippen LogP contribution is -2.50. The number of fused-ring (bicyclic) bond motifs is 1. The van der Waals surface area contributed by atoms with Crippen molar-refractivity contribution in [3.05, 3.63) is 53.1 Å². The van der Waals surface area contributed by atoms with E-state index < -0.39 is 16.1 Å². The lowest BCUT2D eigenvalue weighted by Gasteiger charge is -2.34. The van der Waals surface area contributed by atoms with E-state index in [0.29, 0.717) is 17.1 Å². The van der Waals surface area contributed by atoms with Crippen molar-refractivity contribution < 1.29 is 22.7 Å². The number of sulfonamides is 1. The number of aromatic nitrogens is 1. The number of carbonyl (C=O) groups excluding carboxylic acids is 2. The molecule has 41 heavy (non-hydrogen) atoms. The molecule has 1 aromatic heterocycles. The molecule has 0 unspecified atom stereocenters. The summed E-state index contributed by atoms with van der Waals surface area (Å²) in [5, 5.41) is 4.58. The fourth-order valence-electron chi connectivity index (χ4n) is 4.88. The van der Waals surface area contributed by atoms with Crippen LogP contribution in [-0.2, 0) is 14.8 Å². The van der Waals surface area contributed by atoms with Gasteiger partial charge in [0.05, 0.1) is 21.2 Å². The highest BCUT2D eigenvalue weighted by molar-refractivity contribution is 7.89. The number of hydrogen-bond acceptors (Lipinski definition) is 9. The molecule has 3 aromatic rings. The first kappa shape index (κ1) is 29.5. The number of rotatable bonds is 8. The maximum atomic E-state index is 13.1. The lowest BCUT2D eigenvalue weighted by atomic mass is 10.2. The number of para-hydroxylation sites is 1. The summed E-state index contributed by atoms with van der Waals surface area (Å²) in [6, 6.07) is 11.8. The van der Waals surface area contributed by atoms with Crippen molar-refractivity contribution in [1.29, 1.82) is 0 Å². The summed E-state index contributed by atoms with van der Waals surface area (Å²) in [4.78, 5) is 35.5. The molecule has 0 aliphatic carbocycles. The molecule has 5 rings (SSSR count). The van der Waals surface area contributed by atoms with Crippen LogP contribution in [0.2, 0.25) is 5.02 Å². The third-order valence-corrected chi connectivity index (χ3v) is 10.5. The van der Waals surface area contributed by atoms with Crippen molar-refractivity contribution in [2.75, 3.05) is 77.0 Å². The molecular weight excluding hydrogens is 588 g/mol. The van der Waals surface area contributed by atoms with Gasteiger partial charge in [0.2, 0.25) is 10.0 Å². The van der Waals surface area contributed by atoms with Crippen LogP contribution in [0.15, 0.2) is 47.4 Å². The standard InChI is InChI=1S/C27H33ClN6O5S2/c1-2-39-27(36)33-16-18-34(19-17-33)41(37,38)21-8-6-20(7-9-21)25(35)29-10-11-31-12-14-32(15-13-31)26-30-24-22(28)4-3-5-23(24)40-26/h3-9H,2,10-19H2,1H3,(H,29,35). The van der Waals surface area contributed by atoms with Crippen molar-refractivity contribution in [2.45, 2.75) is 11.8 Å². The van der Waals surface area contributed by atoms with Gasteiger partial charge in [0, 0.05) is 71.0 Å². The Balaban J connectivity index is 1.06. The van der Waals surface area contributed by atoms with Gasteiger partial charge in [-0.05, 0) is 43.3 Å². The first-order valence-electron chi connectivity index (χ1n) is 13.6. The van der Waals surface area contributed by atoms with Gasteiger partial charge in [-0.1, -0.05) is 29.0 Å². The van der Waals surface area contributed by atoms with E-state index in [1.54, 1.807) is 18.3 Å². The summed E-state index contributed by atoms with van der Waals surface area (Å²) in [6.07, 6.45) is -0.433. The number of carbonyl (C=O) groups is 2. The van der Waals surface area contributed by atoms with Crippen LogP contribution in [0.1, 0.15) is 17.3 Å². The molecule has 1 N–H and O–H groups in total. The van der Waals surface area contributed by atoms with Crippen LogP contribution < -0.4 is 10.2 Å². The van der Waals surface area contributed by atoms with Crippen LogP contribution in [0, 0.1) is 0 Å². The van der Waals surface area contributed by atoms with Crippen LogP contribution in [0.5, 0.6) is 0 Å². The minimum Gasteiger partial charge on any atom is -0.450 e. The molecule has 2 aliphatic heterocycles. The maximum Gasteiger partial charge on any atom is 0.409 e. The smallest absolute Gasteiger partial charge is 0.409 e. The average Bonchev–Trinajstić information content (AvgIpc) is 3.44. The Labute approximate surface area is 248 Å². The van der Waals surface area contributed by atoms with Crippen LogP contribution >= 0.6 is 22.9 Å². The maximum absolute atomic E-state index is 13.1. The van der Waals surface area contributed by atoms with Gasteiger partial charge in [-0.3, -0.25) is 9.69 Å². The summed E-state index contributed by atoms with van der Waals surface area (Å²) >= 11 is 7.93. The third kappa shape index (κ3) is 6.75. The zero-order valence-corrected chi connectivity index (χ0v) is 25.2. The van der Waals surface area contributed by atoms with Crippen molar-refractivity contribution in [1.82, 2.24) is 24.4 Å². The number of halogens is 1. The topological polar surface area (TPSA) is 115 Å². The number of nitrogens with one attached hydrogen (secondary N) is 1. The summed E-state index contributed by atoms with van der Waals surface area (Å²) < 4.78 is 33.5. The second-order valence-electron chi connectivity index (χ2n) is 9.78. The van der Waals surface area contributed by atoms with E-state index in [1.807, 2.05) is 18.2 Å². The molecule has 2 aliphatic rings. The fraction of sp³-hybridized carbons (Fsp3) is 0.444. The largest absolute Gasteiger partial charge is 0.450 e. The molecule has 0 atom stereocenters. The van der Waals surface area contributed by atoms with Gasteiger partial charge >= 0.3 is 6.09 Å². The summed E-state index contributed by atoms with van der Waals surface area (Å²) in [5.74, 6) is -0.248. The molecule has 0 saturated carbocycles. The average molecular weight is 621 g/mol. The fourth-order valence-corrected chi connectivity index (χ4v) is 7.62. The summed E-state index contributed by atoms with van der Waals surface area (Å²) in [6.45, 7) is 7.53. The quantitative estimate of drug-likeness (QED) is 0.409. The second kappa shape index (κ2) is 12.9. The lowest BCUT2D eigenvalue weighted by molar-refractivity contribution is 0.0932. The van der Waals surface area contributed by atoms with Crippen molar-refractivity contribution in [2.24, 2.45) is 0 Å². The van der Waals surface area contributed by atoms with E-state index in [0.717, 1.165) is 48.1 Å². The van der Waals surface area contributed by atoms with E-state index >= 15 is 0 Å². The van der Waals surface area contributed by atoms with Crippen molar-refractivity contribution >= 4 is 60.3 Å². The normalized spacial score (nSPS) is 17.1. The van der Waals surface area contributed by atoms with Gasteiger partial charge in [-0.15, -0.1) is 0 Å². The monoisotopic (exact) mass is 620 g/mol. The van der Waals surface area contributed by atoms with E-state index in [-0.39, 0.29) is 43.6 Å². The number of hydrogen-bond donors (Lipinski definition) is 1. The zero-order chi connectivity index (χ0) is 29.0. The summed E-state index contributed by atoms with van der Waals surface area (Å²) in [5.41, 5.74) is 1.24. The zero-order valence-electron chi connectivity index (χ0n) is 22.8. The van der Waals surface area contributed by atoms with Crippen LogP contribution in [0.4, 0.5) is 9.93 Å². The number of nitrogens with zero attached hydrogens (tertiary/aromatic N) is 5. The number of piperazine rings is 2. The van der Waals surface area contributed by atoms with Gasteiger partial charge in [-0.25, -0.2) is 18.2 Å². The first-order chi connectivity index (χ1) is 19.8. The highest BCUT2D eigenvalue weighted by atomic mass is 35.5. The summed E-state index contributed by atoms with van der Waals surface area (Å²) in [7, 11) is -3.73. The Morgan fingerprint density at radius 3 is 2.37 bits per heavy atom. The van der Waals surface area contributed by atoms with Gasteiger partial charge in [-0.2, -0.15) is 4.31 Å². The minimum atomic E-state index is -3.73. The highest BCUT2D eigenvalue weighted by Gasteiger charge is 2.30. The molecule has 0 bridgehead atoms. The van der Waals surface area contributed by atoms with Crippen molar-refractivity contribution in [3.8, 4) is 0 Å². The number of ether oxygens (including phenoxy) is 1.